The lowest BCUT2D eigenvalue weighted by atomic mass is 10.0. The Hall–Kier alpha value is -1.40. The van der Waals surface area contributed by atoms with E-state index in [0.717, 1.165) is 32.1 Å². The number of hydrogen-bond donors (Lipinski definition) is 0. The minimum atomic E-state index is -0.405. The van der Waals surface area contributed by atoms with Gasteiger partial charge in [-0.15, -0.1) is 0 Å². The Balaban J connectivity index is 2.05. The molecule has 0 saturated heterocycles. The number of carbonyl (C=O) groups is 2. The minimum Gasteiger partial charge on any atom is -0.463 e. The molecule has 0 saturated carbocycles. The molecule has 1 unspecified atom stereocenters. The third-order valence-electron chi connectivity index (χ3n) is 3.47. The third kappa shape index (κ3) is 10.9. The Morgan fingerprint density at radius 1 is 0.957 bits per heavy atom. The van der Waals surface area contributed by atoms with Crippen molar-refractivity contribution in [1.82, 2.24) is 0 Å². The highest BCUT2D eigenvalue weighted by atomic mass is 16.6. The molecule has 1 rings (SSSR count). The zero-order valence-corrected chi connectivity index (χ0v) is 14.0. The van der Waals surface area contributed by atoms with Crippen LogP contribution in [0.3, 0.4) is 0 Å². The number of allylic oxidation sites excluding steroid dienone is 2. The van der Waals surface area contributed by atoms with Crippen LogP contribution in [0.5, 0.6) is 0 Å². The summed E-state index contributed by atoms with van der Waals surface area (Å²) in [7, 11) is 1.59. The number of carbonyl (C=O) groups excluding carboxylic acids is 2. The summed E-state index contributed by atoms with van der Waals surface area (Å²) in [6, 6.07) is 0. The van der Waals surface area contributed by atoms with Gasteiger partial charge in [0.15, 0.2) is 0 Å². The fourth-order valence-electron chi connectivity index (χ4n) is 2.22. The summed E-state index contributed by atoms with van der Waals surface area (Å²) < 4.78 is 20.4. The van der Waals surface area contributed by atoms with Gasteiger partial charge in [0.1, 0.15) is 12.7 Å². The Kier molecular flexibility index (Phi) is 11.2. The molecule has 1 atom stereocenters. The lowest BCUT2D eigenvalue weighted by molar-refractivity contribution is -0.154. The standard InChI is InChI=1S/C17H28O6/c1-20-11-12-21-13-14-22-16(18)9-10-17(19)23-15-7-5-3-2-4-6-8-15/h2-3,15H,4-14H2,1H3/b3-2-. The SMILES string of the molecule is COCCOCCOC(=O)CCC(=O)OC1CC/C=C\CCC1. The highest BCUT2D eigenvalue weighted by molar-refractivity contribution is 5.77. The molecule has 132 valence electrons. The monoisotopic (exact) mass is 328 g/mol. The first kappa shape index (κ1) is 19.6. The van der Waals surface area contributed by atoms with Crippen molar-refractivity contribution in [2.75, 3.05) is 33.5 Å². The molecule has 6 heteroatoms. The van der Waals surface area contributed by atoms with Gasteiger partial charge in [0.25, 0.3) is 0 Å². The summed E-state index contributed by atoms with van der Waals surface area (Å²) >= 11 is 0. The van der Waals surface area contributed by atoms with E-state index in [1.165, 1.54) is 0 Å². The second kappa shape index (κ2) is 13.1. The molecule has 0 aromatic carbocycles. The van der Waals surface area contributed by atoms with E-state index in [1.54, 1.807) is 7.11 Å². The van der Waals surface area contributed by atoms with Crippen molar-refractivity contribution >= 4 is 11.9 Å². The van der Waals surface area contributed by atoms with Crippen molar-refractivity contribution in [3.05, 3.63) is 12.2 Å². The Morgan fingerprint density at radius 3 is 2.52 bits per heavy atom. The molecule has 0 aromatic rings. The predicted molar refractivity (Wildman–Crippen MR) is 85.0 cm³/mol. The summed E-state index contributed by atoms with van der Waals surface area (Å²) in [5.41, 5.74) is 0. The molecule has 23 heavy (non-hydrogen) atoms. The van der Waals surface area contributed by atoms with Crippen LogP contribution in [0.25, 0.3) is 0 Å². The van der Waals surface area contributed by atoms with Crippen molar-refractivity contribution in [3.8, 4) is 0 Å². The highest BCUT2D eigenvalue weighted by Crippen LogP contribution is 2.16. The Morgan fingerprint density at radius 2 is 1.70 bits per heavy atom. The van der Waals surface area contributed by atoms with Crippen LogP contribution >= 0.6 is 0 Å². The van der Waals surface area contributed by atoms with E-state index in [0.29, 0.717) is 19.8 Å². The quantitative estimate of drug-likeness (QED) is 0.348. The maximum absolute atomic E-state index is 11.8. The zero-order valence-electron chi connectivity index (χ0n) is 14.0. The van der Waals surface area contributed by atoms with Gasteiger partial charge in [0, 0.05) is 7.11 Å². The van der Waals surface area contributed by atoms with Gasteiger partial charge < -0.3 is 18.9 Å². The Bertz CT molecular complexity index is 366. The maximum atomic E-state index is 11.8. The van der Waals surface area contributed by atoms with Gasteiger partial charge in [-0.3, -0.25) is 9.59 Å². The summed E-state index contributed by atoms with van der Waals surface area (Å²) in [5, 5.41) is 0. The summed E-state index contributed by atoms with van der Waals surface area (Å²) in [4.78, 5) is 23.3. The van der Waals surface area contributed by atoms with E-state index in [4.69, 9.17) is 18.9 Å². The van der Waals surface area contributed by atoms with Gasteiger partial charge in [0.2, 0.25) is 0 Å². The first-order valence-corrected chi connectivity index (χ1v) is 8.29. The largest absolute Gasteiger partial charge is 0.463 e. The highest BCUT2D eigenvalue weighted by Gasteiger charge is 2.16. The summed E-state index contributed by atoms with van der Waals surface area (Å²) in [5.74, 6) is -0.731. The van der Waals surface area contributed by atoms with Crippen molar-refractivity contribution in [2.24, 2.45) is 0 Å². The molecule has 0 radical (unpaired) electrons. The second-order valence-electron chi connectivity index (χ2n) is 5.42. The number of hydrogen-bond acceptors (Lipinski definition) is 6. The van der Waals surface area contributed by atoms with Crippen LogP contribution in [0.1, 0.15) is 44.9 Å². The fourth-order valence-corrected chi connectivity index (χ4v) is 2.22. The second-order valence-corrected chi connectivity index (χ2v) is 5.42. The molecule has 0 spiro atoms. The third-order valence-corrected chi connectivity index (χ3v) is 3.47. The van der Waals surface area contributed by atoms with Crippen LogP contribution in [0.2, 0.25) is 0 Å². The van der Waals surface area contributed by atoms with Crippen molar-refractivity contribution < 1.29 is 28.5 Å². The fraction of sp³-hybridized carbons (Fsp3) is 0.765. The Labute approximate surface area is 138 Å². The lowest BCUT2D eigenvalue weighted by Gasteiger charge is -2.18. The van der Waals surface area contributed by atoms with Crippen LogP contribution in [-0.4, -0.2) is 51.6 Å². The molecule has 0 heterocycles. The molecule has 0 aliphatic heterocycles. The molecular weight excluding hydrogens is 300 g/mol. The molecule has 0 amide bonds. The first-order valence-electron chi connectivity index (χ1n) is 8.29. The van der Waals surface area contributed by atoms with E-state index in [-0.39, 0.29) is 31.5 Å². The smallest absolute Gasteiger partial charge is 0.306 e. The van der Waals surface area contributed by atoms with E-state index in [2.05, 4.69) is 12.2 Å². The van der Waals surface area contributed by atoms with Crippen LogP contribution in [-0.2, 0) is 28.5 Å². The number of ether oxygens (including phenoxy) is 4. The molecule has 0 aromatic heterocycles. The van der Waals surface area contributed by atoms with Gasteiger partial charge in [-0.05, 0) is 32.1 Å². The maximum Gasteiger partial charge on any atom is 0.306 e. The van der Waals surface area contributed by atoms with Gasteiger partial charge >= 0.3 is 11.9 Å². The number of methoxy groups -OCH3 is 1. The number of rotatable bonds is 10. The zero-order chi connectivity index (χ0) is 16.8. The normalized spacial score (nSPS) is 19.4. The number of esters is 2. The molecule has 1 aliphatic rings. The van der Waals surface area contributed by atoms with Crippen molar-refractivity contribution in [2.45, 2.75) is 51.0 Å². The minimum absolute atomic E-state index is 0.0299. The van der Waals surface area contributed by atoms with Gasteiger partial charge in [0.05, 0.1) is 32.7 Å². The summed E-state index contributed by atoms with van der Waals surface area (Å²) in [6.45, 7) is 1.50. The van der Waals surface area contributed by atoms with Gasteiger partial charge in [-0.1, -0.05) is 12.2 Å². The topological polar surface area (TPSA) is 71.1 Å². The average molecular weight is 328 g/mol. The van der Waals surface area contributed by atoms with Crippen molar-refractivity contribution in [3.63, 3.8) is 0 Å². The lowest BCUT2D eigenvalue weighted by Crippen LogP contribution is -2.20. The molecule has 1 aliphatic carbocycles. The van der Waals surface area contributed by atoms with Crippen molar-refractivity contribution in [1.29, 1.82) is 0 Å². The van der Waals surface area contributed by atoms with Gasteiger partial charge in [-0.2, -0.15) is 0 Å². The van der Waals surface area contributed by atoms with Crippen LogP contribution < -0.4 is 0 Å². The van der Waals surface area contributed by atoms with E-state index in [1.807, 2.05) is 0 Å². The molecular formula is C17H28O6. The van der Waals surface area contributed by atoms with Crippen LogP contribution in [0.15, 0.2) is 12.2 Å². The van der Waals surface area contributed by atoms with Crippen LogP contribution in [0.4, 0.5) is 0 Å². The predicted octanol–water partition coefficient (Wildman–Crippen LogP) is 2.40. The molecule has 0 N–H and O–H groups in total. The van der Waals surface area contributed by atoms with E-state index in [9.17, 15) is 9.59 Å². The molecule has 0 bridgehead atoms. The van der Waals surface area contributed by atoms with E-state index >= 15 is 0 Å². The molecule has 6 nitrogen and oxygen atoms in total. The average Bonchev–Trinajstić information content (AvgIpc) is 2.51. The van der Waals surface area contributed by atoms with Crippen LogP contribution in [0, 0.1) is 0 Å². The first-order chi connectivity index (χ1) is 11.2. The summed E-state index contributed by atoms with van der Waals surface area (Å²) in [6.07, 6.45) is 9.12. The van der Waals surface area contributed by atoms with Gasteiger partial charge in [-0.25, -0.2) is 0 Å². The molecule has 0 fully saturated rings. The van der Waals surface area contributed by atoms with E-state index < -0.39 is 5.97 Å².